The molecule has 1 aliphatic heterocycles. The largest absolute Gasteiger partial charge is 0.370 e. The second kappa shape index (κ2) is 11.4. The number of ketones is 1. The van der Waals surface area contributed by atoms with Crippen LogP contribution in [0.3, 0.4) is 0 Å². The van der Waals surface area contributed by atoms with Gasteiger partial charge in [-0.1, -0.05) is 51.1 Å². The highest BCUT2D eigenvalue weighted by atomic mass is 19.1. The monoisotopic (exact) mass is 493 g/mol. The van der Waals surface area contributed by atoms with Crippen molar-refractivity contribution in [1.82, 2.24) is 19.5 Å². The first-order chi connectivity index (χ1) is 17.3. The van der Waals surface area contributed by atoms with Gasteiger partial charge in [-0.25, -0.2) is 9.37 Å². The molecular weight excluding hydrogens is 457 g/mol. The number of benzene rings is 1. The third-order valence-corrected chi connectivity index (χ3v) is 6.82. The molecule has 0 aliphatic carbocycles. The van der Waals surface area contributed by atoms with Crippen molar-refractivity contribution >= 4 is 5.78 Å². The van der Waals surface area contributed by atoms with Crippen LogP contribution < -0.4 is 5.73 Å². The van der Waals surface area contributed by atoms with Crippen LogP contribution in [-0.4, -0.2) is 50.7 Å². The topological polar surface area (TPSA) is 95.9 Å². The SMILES string of the molecule is CC(C)(C)C(c1nc(-c2cnccn2)cn1Cc1ccccc1)[C@@H](C[C@H](F)CN)C(=O)[C@@H]1CCCO1. The number of carbonyl (C=O) groups is 1. The van der Waals surface area contributed by atoms with Crippen LogP contribution in [0.2, 0.25) is 0 Å². The third kappa shape index (κ3) is 6.05. The van der Waals surface area contributed by atoms with Gasteiger partial charge in [0.15, 0.2) is 5.78 Å². The minimum absolute atomic E-state index is 0.0375. The maximum Gasteiger partial charge on any atom is 0.165 e. The van der Waals surface area contributed by atoms with Crippen LogP contribution in [0.25, 0.3) is 11.4 Å². The number of aromatic nitrogens is 4. The lowest BCUT2D eigenvalue weighted by Gasteiger charge is -2.37. The van der Waals surface area contributed by atoms with Crippen molar-refractivity contribution in [2.45, 2.75) is 64.8 Å². The number of alkyl halides is 1. The predicted molar refractivity (Wildman–Crippen MR) is 137 cm³/mol. The molecule has 4 atom stereocenters. The van der Waals surface area contributed by atoms with Gasteiger partial charge in [-0.3, -0.25) is 14.8 Å². The van der Waals surface area contributed by atoms with Crippen molar-refractivity contribution in [2.24, 2.45) is 17.1 Å². The molecule has 0 spiro atoms. The van der Waals surface area contributed by atoms with Crippen molar-refractivity contribution in [3.05, 3.63) is 66.5 Å². The van der Waals surface area contributed by atoms with Gasteiger partial charge in [0.25, 0.3) is 0 Å². The third-order valence-electron chi connectivity index (χ3n) is 6.82. The molecular formula is C28H36FN5O2. The fourth-order valence-corrected chi connectivity index (χ4v) is 5.14. The number of nitrogens with zero attached hydrogens (tertiary/aromatic N) is 4. The highest BCUT2D eigenvalue weighted by Gasteiger charge is 2.44. The van der Waals surface area contributed by atoms with Crippen molar-refractivity contribution in [3.8, 4) is 11.4 Å². The van der Waals surface area contributed by atoms with E-state index in [1.165, 1.54) is 0 Å². The summed E-state index contributed by atoms with van der Waals surface area (Å²) in [5, 5.41) is 0. The molecule has 3 heterocycles. The van der Waals surface area contributed by atoms with Gasteiger partial charge in [0.1, 0.15) is 29.5 Å². The summed E-state index contributed by atoms with van der Waals surface area (Å²) < 4.78 is 22.7. The van der Waals surface area contributed by atoms with Crippen LogP contribution in [0, 0.1) is 11.3 Å². The fraction of sp³-hybridized carbons (Fsp3) is 0.500. The standard InChI is InChI=1S/C28H36FN5O2/c1-28(2,3)25(21(14-20(29)15-30)26(35)24-10-7-13-36-24)27-33-23(22-16-31-11-12-32-22)18-34(27)17-19-8-5-4-6-9-19/h4-6,8-9,11-12,16,18,20-21,24-25H,7,10,13-15,17,30H2,1-3H3/t20-,21+,24-,25?/m0/s1. The minimum Gasteiger partial charge on any atom is -0.370 e. The molecule has 3 aromatic rings. The van der Waals surface area contributed by atoms with E-state index in [1.54, 1.807) is 18.6 Å². The van der Waals surface area contributed by atoms with Crippen LogP contribution in [0.4, 0.5) is 4.39 Å². The average molecular weight is 494 g/mol. The van der Waals surface area contributed by atoms with Crippen LogP contribution in [-0.2, 0) is 16.1 Å². The molecule has 2 N–H and O–H groups in total. The second-order valence-electron chi connectivity index (χ2n) is 10.6. The Morgan fingerprint density at radius 1 is 1.22 bits per heavy atom. The van der Waals surface area contributed by atoms with Crippen LogP contribution in [0.15, 0.2) is 55.1 Å². The van der Waals surface area contributed by atoms with E-state index in [9.17, 15) is 9.18 Å². The number of ether oxygens (including phenoxy) is 1. The summed E-state index contributed by atoms with van der Waals surface area (Å²) in [6.45, 7) is 7.22. The number of rotatable bonds is 10. The van der Waals surface area contributed by atoms with Crippen LogP contribution >= 0.6 is 0 Å². The molecule has 0 bridgehead atoms. The van der Waals surface area contributed by atoms with Gasteiger partial charge in [0.2, 0.25) is 0 Å². The zero-order valence-corrected chi connectivity index (χ0v) is 21.3. The zero-order chi connectivity index (χ0) is 25.7. The second-order valence-corrected chi connectivity index (χ2v) is 10.6. The predicted octanol–water partition coefficient (Wildman–Crippen LogP) is 4.57. The summed E-state index contributed by atoms with van der Waals surface area (Å²) in [5.41, 5.74) is 7.70. The Kier molecular flexibility index (Phi) is 8.26. The summed E-state index contributed by atoms with van der Waals surface area (Å²) in [4.78, 5) is 27.5. The Labute approximate surface area is 212 Å². The maximum atomic E-state index is 14.8. The van der Waals surface area contributed by atoms with Crippen molar-refractivity contribution in [3.63, 3.8) is 0 Å². The molecule has 1 unspecified atom stereocenters. The van der Waals surface area contributed by atoms with E-state index >= 15 is 0 Å². The van der Waals surface area contributed by atoms with Gasteiger partial charge in [-0.05, 0) is 30.2 Å². The summed E-state index contributed by atoms with van der Waals surface area (Å²) in [6, 6.07) is 10.1. The molecule has 4 rings (SSSR count). The van der Waals surface area contributed by atoms with E-state index in [2.05, 4.69) is 47.4 Å². The smallest absolute Gasteiger partial charge is 0.165 e. The van der Waals surface area contributed by atoms with E-state index in [1.807, 2.05) is 24.4 Å². The van der Waals surface area contributed by atoms with Gasteiger partial charge in [0, 0.05) is 50.1 Å². The van der Waals surface area contributed by atoms with Crippen molar-refractivity contribution in [2.75, 3.05) is 13.2 Å². The highest BCUT2D eigenvalue weighted by molar-refractivity contribution is 5.86. The first-order valence-electron chi connectivity index (χ1n) is 12.6. The number of hydrogen-bond donors (Lipinski definition) is 1. The molecule has 7 nitrogen and oxygen atoms in total. The molecule has 8 heteroatoms. The van der Waals surface area contributed by atoms with Crippen molar-refractivity contribution < 1.29 is 13.9 Å². The minimum atomic E-state index is -1.29. The molecule has 0 amide bonds. The summed E-state index contributed by atoms with van der Waals surface area (Å²) in [7, 11) is 0. The molecule has 2 aromatic heterocycles. The molecule has 1 aliphatic rings. The maximum absolute atomic E-state index is 14.8. The van der Waals surface area contributed by atoms with Gasteiger partial charge in [0.05, 0.1) is 6.20 Å². The molecule has 36 heavy (non-hydrogen) atoms. The van der Waals surface area contributed by atoms with Gasteiger partial charge >= 0.3 is 0 Å². The lowest BCUT2D eigenvalue weighted by molar-refractivity contribution is -0.134. The first kappa shape index (κ1) is 26.1. The Hall–Kier alpha value is -2.97. The quantitative estimate of drug-likeness (QED) is 0.445. The first-order valence-corrected chi connectivity index (χ1v) is 12.6. The fourth-order valence-electron chi connectivity index (χ4n) is 5.14. The molecule has 192 valence electrons. The Balaban J connectivity index is 1.83. The van der Waals surface area contributed by atoms with E-state index in [4.69, 9.17) is 15.5 Å². The molecule has 1 fully saturated rings. The Morgan fingerprint density at radius 2 is 2.00 bits per heavy atom. The van der Waals surface area contributed by atoms with E-state index in [-0.39, 0.29) is 24.7 Å². The number of halogens is 1. The van der Waals surface area contributed by atoms with Crippen LogP contribution in [0.5, 0.6) is 0 Å². The summed E-state index contributed by atoms with van der Waals surface area (Å²) in [6.07, 6.45) is 6.60. The normalized spacial score (nSPS) is 18.6. The zero-order valence-electron chi connectivity index (χ0n) is 21.3. The average Bonchev–Trinajstić information content (AvgIpc) is 3.54. The number of hydrogen-bond acceptors (Lipinski definition) is 6. The lowest BCUT2D eigenvalue weighted by atomic mass is 9.68. The number of imidazole rings is 1. The lowest BCUT2D eigenvalue weighted by Crippen LogP contribution is -2.40. The van der Waals surface area contributed by atoms with Crippen molar-refractivity contribution in [1.29, 1.82) is 0 Å². The number of nitrogens with two attached hydrogens (primary N) is 1. The van der Waals surface area contributed by atoms with E-state index in [0.29, 0.717) is 31.0 Å². The van der Waals surface area contributed by atoms with Gasteiger partial charge in [-0.2, -0.15) is 0 Å². The number of Topliss-reactive ketones (excluding diaryl/α,β-unsaturated/α-hetero) is 1. The molecule has 0 saturated carbocycles. The highest BCUT2D eigenvalue weighted by Crippen LogP contribution is 2.44. The number of carbonyl (C=O) groups excluding carboxylic acids is 1. The summed E-state index contributed by atoms with van der Waals surface area (Å²) >= 11 is 0. The van der Waals surface area contributed by atoms with Gasteiger partial charge < -0.3 is 15.0 Å². The Bertz CT molecular complexity index is 1120. The van der Waals surface area contributed by atoms with Crippen LogP contribution in [0.1, 0.15) is 57.3 Å². The molecule has 1 aromatic carbocycles. The van der Waals surface area contributed by atoms with E-state index in [0.717, 1.165) is 17.8 Å². The van der Waals surface area contributed by atoms with E-state index < -0.39 is 23.6 Å². The molecule has 0 radical (unpaired) electrons. The Morgan fingerprint density at radius 3 is 2.61 bits per heavy atom. The van der Waals surface area contributed by atoms with Gasteiger partial charge in [-0.15, -0.1) is 0 Å². The summed E-state index contributed by atoms with van der Waals surface area (Å²) in [5.74, 6) is -0.321. The molecule has 1 saturated heterocycles.